The smallest absolute Gasteiger partial charge is 0.335 e. The van der Waals surface area contributed by atoms with Crippen LogP contribution in [-0.4, -0.2) is 23.0 Å². The SMILES string of the molecule is CCCCC(CCC)NC(=O)c1cccc(C(=O)O)c1. The van der Waals surface area contributed by atoms with E-state index in [2.05, 4.69) is 19.2 Å². The van der Waals surface area contributed by atoms with Gasteiger partial charge in [0.1, 0.15) is 0 Å². The highest BCUT2D eigenvalue weighted by Gasteiger charge is 2.14. The van der Waals surface area contributed by atoms with Crippen molar-refractivity contribution in [1.29, 1.82) is 0 Å². The second-order valence-corrected chi connectivity index (χ2v) is 4.99. The van der Waals surface area contributed by atoms with Crippen LogP contribution in [0.15, 0.2) is 24.3 Å². The van der Waals surface area contributed by atoms with Crippen LogP contribution < -0.4 is 5.32 Å². The minimum Gasteiger partial charge on any atom is -0.478 e. The van der Waals surface area contributed by atoms with E-state index in [9.17, 15) is 9.59 Å². The maximum Gasteiger partial charge on any atom is 0.335 e. The van der Waals surface area contributed by atoms with E-state index in [1.807, 2.05) is 0 Å². The van der Waals surface area contributed by atoms with E-state index in [0.29, 0.717) is 5.56 Å². The third-order valence-corrected chi connectivity index (χ3v) is 3.25. The van der Waals surface area contributed by atoms with Gasteiger partial charge in [-0.1, -0.05) is 39.2 Å². The Morgan fingerprint density at radius 2 is 1.85 bits per heavy atom. The Balaban J connectivity index is 2.72. The maximum absolute atomic E-state index is 12.2. The number of rotatable bonds is 8. The molecule has 4 heteroatoms. The fourth-order valence-corrected chi connectivity index (χ4v) is 2.15. The van der Waals surface area contributed by atoms with Gasteiger partial charge in [0.25, 0.3) is 5.91 Å². The molecular weight excluding hydrogens is 254 g/mol. The third-order valence-electron chi connectivity index (χ3n) is 3.25. The molecule has 1 aromatic rings. The molecular formula is C16H23NO3. The summed E-state index contributed by atoms with van der Waals surface area (Å²) in [5.41, 5.74) is 0.542. The highest BCUT2D eigenvalue weighted by atomic mass is 16.4. The second-order valence-electron chi connectivity index (χ2n) is 4.99. The van der Waals surface area contributed by atoms with Gasteiger partial charge in [-0.25, -0.2) is 4.79 Å². The topological polar surface area (TPSA) is 66.4 Å². The van der Waals surface area contributed by atoms with Crippen LogP contribution in [0.1, 0.15) is 66.7 Å². The summed E-state index contributed by atoms with van der Waals surface area (Å²) in [7, 11) is 0. The van der Waals surface area contributed by atoms with Gasteiger partial charge in [-0.15, -0.1) is 0 Å². The molecule has 1 amide bonds. The van der Waals surface area contributed by atoms with Gasteiger partial charge < -0.3 is 10.4 Å². The molecule has 0 heterocycles. The zero-order valence-corrected chi connectivity index (χ0v) is 12.2. The second kappa shape index (κ2) is 8.35. The van der Waals surface area contributed by atoms with Crippen molar-refractivity contribution >= 4 is 11.9 Å². The first-order valence-electron chi connectivity index (χ1n) is 7.22. The number of benzene rings is 1. The first-order chi connectivity index (χ1) is 9.58. The van der Waals surface area contributed by atoms with E-state index in [4.69, 9.17) is 5.11 Å². The molecule has 1 atom stereocenters. The van der Waals surface area contributed by atoms with Gasteiger partial charge in [-0.05, 0) is 31.0 Å². The normalized spacial score (nSPS) is 11.9. The summed E-state index contributed by atoms with van der Waals surface area (Å²) in [4.78, 5) is 23.1. The lowest BCUT2D eigenvalue weighted by Crippen LogP contribution is -2.34. The number of carbonyl (C=O) groups excluding carboxylic acids is 1. The molecule has 0 saturated heterocycles. The highest BCUT2D eigenvalue weighted by Crippen LogP contribution is 2.10. The molecule has 0 aliphatic heterocycles. The molecule has 0 spiro atoms. The average molecular weight is 277 g/mol. The zero-order chi connectivity index (χ0) is 15.0. The van der Waals surface area contributed by atoms with E-state index in [1.165, 1.54) is 12.1 Å². The summed E-state index contributed by atoms with van der Waals surface area (Å²) >= 11 is 0. The van der Waals surface area contributed by atoms with Gasteiger partial charge in [0.2, 0.25) is 0 Å². The molecule has 0 saturated carbocycles. The van der Waals surface area contributed by atoms with Crippen LogP contribution >= 0.6 is 0 Å². The van der Waals surface area contributed by atoms with Crippen molar-refractivity contribution in [2.45, 2.75) is 52.0 Å². The minimum absolute atomic E-state index is 0.137. The molecule has 0 bridgehead atoms. The predicted molar refractivity (Wildman–Crippen MR) is 79.1 cm³/mol. The zero-order valence-electron chi connectivity index (χ0n) is 12.2. The molecule has 0 aliphatic rings. The number of nitrogens with one attached hydrogen (secondary N) is 1. The maximum atomic E-state index is 12.2. The number of carboxylic acid groups (broad SMARTS) is 1. The number of unbranched alkanes of at least 4 members (excludes halogenated alkanes) is 1. The lowest BCUT2D eigenvalue weighted by Gasteiger charge is -2.18. The first-order valence-corrected chi connectivity index (χ1v) is 7.22. The molecule has 2 N–H and O–H groups in total. The Morgan fingerprint density at radius 1 is 1.15 bits per heavy atom. The number of aromatic carboxylic acids is 1. The Hall–Kier alpha value is -1.84. The predicted octanol–water partition coefficient (Wildman–Crippen LogP) is 3.47. The largest absolute Gasteiger partial charge is 0.478 e. The van der Waals surface area contributed by atoms with Crippen LogP contribution in [0.5, 0.6) is 0 Å². The lowest BCUT2D eigenvalue weighted by atomic mass is 10.0. The van der Waals surface area contributed by atoms with Crippen LogP contribution in [0, 0.1) is 0 Å². The molecule has 0 aliphatic carbocycles. The number of hydrogen-bond acceptors (Lipinski definition) is 2. The van der Waals surface area contributed by atoms with Crippen LogP contribution in [0.4, 0.5) is 0 Å². The molecule has 1 unspecified atom stereocenters. The number of amides is 1. The molecule has 0 aromatic heterocycles. The molecule has 4 nitrogen and oxygen atoms in total. The Bertz CT molecular complexity index is 457. The quantitative estimate of drug-likeness (QED) is 0.764. The Morgan fingerprint density at radius 3 is 2.45 bits per heavy atom. The van der Waals surface area contributed by atoms with Gasteiger partial charge in [0, 0.05) is 11.6 Å². The van der Waals surface area contributed by atoms with Crippen LogP contribution in [0.2, 0.25) is 0 Å². The molecule has 20 heavy (non-hydrogen) atoms. The van der Waals surface area contributed by atoms with E-state index >= 15 is 0 Å². The van der Waals surface area contributed by atoms with Crippen molar-refractivity contribution in [1.82, 2.24) is 5.32 Å². The highest BCUT2D eigenvalue weighted by molar-refractivity contribution is 5.97. The van der Waals surface area contributed by atoms with Crippen molar-refractivity contribution in [2.75, 3.05) is 0 Å². The summed E-state index contributed by atoms with van der Waals surface area (Å²) in [6, 6.07) is 6.31. The summed E-state index contributed by atoms with van der Waals surface area (Å²) in [5, 5.41) is 11.9. The van der Waals surface area contributed by atoms with Gasteiger partial charge in [-0.3, -0.25) is 4.79 Å². The summed E-state index contributed by atoms with van der Waals surface area (Å²) in [6.07, 6.45) is 5.12. The number of carbonyl (C=O) groups is 2. The molecule has 1 aromatic carbocycles. The standard InChI is InChI=1S/C16H23NO3/c1-3-5-10-14(7-4-2)17-15(18)12-8-6-9-13(11-12)16(19)20/h6,8-9,11,14H,3-5,7,10H2,1-2H3,(H,17,18)(H,19,20). The molecule has 1 rings (SSSR count). The monoisotopic (exact) mass is 277 g/mol. The van der Waals surface area contributed by atoms with Gasteiger partial charge >= 0.3 is 5.97 Å². The average Bonchev–Trinajstić information content (AvgIpc) is 2.45. The van der Waals surface area contributed by atoms with Crippen molar-refractivity contribution in [3.05, 3.63) is 35.4 Å². The Labute approximate surface area is 120 Å². The first kappa shape index (κ1) is 16.2. The summed E-state index contributed by atoms with van der Waals surface area (Å²) in [5.74, 6) is -1.21. The van der Waals surface area contributed by atoms with Gasteiger partial charge in [-0.2, -0.15) is 0 Å². The fraction of sp³-hybridized carbons (Fsp3) is 0.500. The van der Waals surface area contributed by atoms with Gasteiger partial charge in [0.15, 0.2) is 0 Å². The minimum atomic E-state index is -1.02. The number of carboxylic acids is 1. The van der Waals surface area contributed by atoms with Crippen molar-refractivity contribution < 1.29 is 14.7 Å². The molecule has 110 valence electrons. The van der Waals surface area contributed by atoms with E-state index < -0.39 is 5.97 Å². The van der Waals surface area contributed by atoms with Crippen molar-refractivity contribution in [3.8, 4) is 0 Å². The third kappa shape index (κ3) is 5.03. The van der Waals surface area contributed by atoms with Crippen molar-refractivity contribution in [3.63, 3.8) is 0 Å². The van der Waals surface area contributed by atoms with Crippen molar-refractivity contribution in [2.24, 2.45) is 0 Å². The van der Waals surface area contributed by atoms with Crippen LogP contribution in [-0.2, 0) is 0 Å². The van der Waals surface area contributed by atoms with E-state index in [0.717, 1.165) is 32.1 Å². The number of hydrogen-bond donors (Lipinski definition) is 2. The lowest BCUT2D eigenvalue weighted by molar-refractivity contribution is 0.0697. The molecule has 0 fully saturated rings. The summed E-state index contributed by atoms with van der Waals surface area (Å²) in [6.45, 7) is 4.22. The van der Waals surface area contributed by atoms with E-state index in [1.54, 1.807) is 12.1 Å². The molecule has 0 radical (unpaired) electrons. The van der Waals surface area contributed by atoms with Crippen LogP contribution in [0.25, 0.3) is 0 Å². The van der Waals surface area contributed by atoms with E-state index in [-0.39, 0.29) is 17.5 Å². The van der Waals surface area contributed by atoms with Gasteiger partial charge in [0.05, 0.1) is 5.56 Å². The Kier molecular flexibility index (Phi) is 6.77. The van der Waals surface area contributed by atoms with Crippen LogP contribution in [0.3, 0.4) is 0 Å². The summed E-state index contributed by atoms with van der Waals surface area (Å²) < 4.78 is 0. The fourth-order valence-electron chi connectivity index (χ4n) is 2.15.